The number of nitrogens with zero attached hydrogens (tertiary/aromatic N) is 1. The molecule has 2 unspecified atom stereocenters. The number of nitrogens with one attached hydrogen (secondary N) is 1. The first-order valence-corrected chi connectivity index (χ1v) is 7.17. The first kappa shape index (κ1) is 13.6. The molecule has 1 aromatic carbocycles. The Morgan fingerprint density at radius 2 is 2.10 bits per heavy atom. The molecular formula is C17H18N2O2. The molecule has 4 nitrogen and oxygen atoms in total. The molecule has 108 valence electrons. The van der Waals surface area contributed by atoms with Crippen molar-refractivity contribution < 1.29 is 9.53 Å². The fourth-order valence-electron chi connectivity index (χ4n) is 2.47. The Balaban J connectivity index is 1.38. The van der Waals surface area contributed by atoms with Gasteiger partial charge in [-0.15, -0.1) is 0 Å². The zero-order chi connectivity index (χ0) is 14.5. The van der Waals surface area contributed by atoms with E-state index >= 15 is 0 Å². The van der Waals surface area contributed by atoms with E-state index < -0.39 is 0 Å². The van der Waals surface area contributed by atoms with E-state index in [4.69, 9.17) is 4.74 Å². The molecule has 0 bridgehead atoms. The van der Waals surface area contributed by atoms with Gasteiger partial charge in [-0.2, -0.15) is 0 Å². The fourth-order valence-corrected chi connectivity index (χ4v) is 2.47. The third kappa shape index (κ3) is 3.81. The number of pyridine rings is 1. The monoisotopic (exact) mass is 282 g/mol. The van der Waals surface area contributed by atoms with Crippen molar-refractivity contribution in [3.8, 4) is 0 Å². The standard InChI is InChI=1S/C17H18N2O2/c20-17(21-12-13-5-2-1-3-6-13)19-11-15-9-16(15)14-7-4-8-18-10-14/h1-8,10,15-16H,9,11-12H2,(H,19,20). The molecule has 3 rings (SSSR count). The van der Waals surface area contributed by atoms with Crippen LogP contribution < -0.4 is 5.32 Å². The van der Waals surface area contributed by atoms with E-state index in [2.05, 4.69) is 16.4 Å². The van der Waals surface area contributed by atoms with Crippen LogP contribution in [0.4, 0.5) is 4.79 Å². The van der Waals surface area contributed by atoms with Gasteiger partial charge >= 0.3 is 6.09 Å². The minimum atomic E-state index is -0.351. The molecule has 1 aliphatic rings. The molecule has 1 amide bonds. The van der Waals surface area contributed by atoms with Gasteiger partial charge in [-0.1, -0.05) is 36.4 Å². The summed E-state index contributed by atoms with van der Waals surface area (Å²) in [6, 6.07) is 13.7. The van der Waals surface area contributed by atoms with Crippen molar-refractivity contribution in [1.29, 1.82) is 0 Å². The minimum Gasteiger partial charge on any atom is -0.445 e. The first-order chi connectivity index (χ1) is 10.3. The number of rotatable bonds is 5. The summed E-state index contributed by atoms with van der Waals surface area (Å²) in [5.74, 6) is 1.02. The van der Waals surface area contributed by atoms with Crippen molar-refractivity contribution in [2.45, 2.75) is 18.9 Å². The molecule has 0 radical (unpaired) electrons. The number of hydrogen-bond acceptors (Lipinski definition) is 3. The number of carbonyl (C=O) groups is 1. The van der Waals surface area contributed by atoms with Crippen LogP contribution in [-0.4, -0.2) is 17.6 Å². The predicted octanol–water partition coefficient (Wildman–Crippen LogP) is 3.11. The molecular weight excluding hydrogens is 264 g/mol. The third-order valence-electron chi connectivity index (χ3n) is 3.76. The van der Waals surface area contributed by atoms with Gasteiger partial charge in [-0.25, -0.2) is 4.79 Å². The maximum atomic E-state index is 11.6. The van der Waals surface area contributed by atoms with Gasteiger partial charge < -0.3 is 10.1 Å². The highest BCUT2D eigenvalue weighted by Crippen LogP contribution is 2.46. The Hall–Kier alpha value is -2.36. The van der Waals surface area contributed by atoms with Crippen molar-refractivity contribution in [1.82, 2.24) is 10.3 Å². The fraction of sp³-hybridized carbons (Fsp3) is 0.294. The Kier molecular flexibility index (Phi) is 4.15. The second kappa shape index (κ2) is 6.39. The molecule has 1 fully saturated rings. The van der Waals surface area contributed by atoms with Crippen LogP contribution in [0.25, 0.3) is 0 Å². The minimum absolute atomic E-state index is 0.309. The number of aromatic nitrogens is 1. The van der Waals surface area contributed by atoms with E-state index in [0.717, 1.165) is 12.0 Å². The van der Waals surface area contributed by atoms with Gasteiger partial charge in [0.2, 0.25) is 0 Å². The normalized spacial score (nSPS) is 19.8. The summed E-state index contributed by atoms with van der Waals surface area (Å²) in [6.45, 7) is 0.969. The van der Waals surface area contributed by atoms with Crippen LogP contribution in [-0.2, 0) is 11.3 Å². The van der Waals surface area contributed by atoms with E-state index in [-0.39, 0.29) is 6.09 Å². The van der Waals surface area contributed by atoms with Crippen molar-refractivity contribution in [2.24, 2.45) is 5.92 Å². The Bertz CT molecular complexity index is 586. The molecule has 1 aromatic heterocycles. The molecule has 0 saturated heterocycles. The topological polar surface area (TPSA) is 51.2 Å². The molecule has 2 aromatic rings. The number of hydrogen-bond donors (Lipinski definition) is 1. The molecule has 1 N–H and O–H groups in total. The van der Waals surface area contributed by atoms with Gasteiger partial charge in [0, 0.05) is 18.9 Å². The van der Waals surface area contributed by atoms with Crippen molar-refractivity contribution >= 4 is 6.09 Å². The molecule has 21 heavy (non-hydrogen) atoms. The molecule has 4 heteroatoms. The highest BCUT2D eigenvalue weighted by Gasteiger charge is 2.38. The van der Waals surface area contributed by atoms with E-state index in [0.29, 0.717) is 25.0 Å². The molecule has 1 aliphatic carbocycles. The van der Waals surface area contributed by atoms with Crippen molar-refractivity contribution in [3.05, 3.63) is 66.0 Å². The average molecular weight is 282 g/mol. The Labute approximate surface area is 124 Å². The van der Waals surface area contributed by atoms with Crippen LogP contribution in [0, 0.1) is 5.92 Å². The predicted molar refractivity (Wildman–Crippen MR) is 79.7 cm³/mol. The largest absolute Gasteiger partial charge is 0.445 e. The number of amides is 1. The van der Waals surface area contributed by atoms with Gasteiger partial charge in [-0.05, 0) is 35.4 Å². The Morgan fingerprint density at radius 3 is 2.86 bits per heavy atom. The van der Waals surface area contributed by atoms with E-state index in [9.17, 15) is 4.79 Å². The van der Waals surface area contributed by atoms with E-state index in [1.807, 2.05) is 42.6 Å². The molecule has 0 aliphatic heterocycles. The van der Waals surface area contributed by atoms with Crippen LogP contribution in [0.15, 0.2) is 54.9 Å². The van der Waals surface area contributed by atoms with Gasteiger partial charge in [0.25, 0.3) is 0 Å². The smallest absolute Gasteiger partial charge is 0.407 e. The van der Waals surface area contributed by atoms with E-state index in [1.54, 1.807) is 6.20 Å². The van der Waals surface area contributed by atoms with Crippen molar-refractivity contribution in [3.63, 3.8) is 0 Å². The van der Waals surface area contributed by atoms with Crippen LogP contribution in [0.5, 0.6) is 0 Å². The second-order valence-corrected chi connectivity index (χ2v) is 5.33. The summed E-state index contributed by atoms with van der Waals surface area (Å²) in [7, 11) is 0. The highest BCUT2D eigenvalue weighted by atomic mass is 16.5. The van der Waals surface area contributed by atoms with Gasteiger partial charge in [0.05, 0.1) is 0 Å². The zero-order valence-corrected chi connectivity index (χ0v) is 11.7. The third-order valence-corrected chi connectivity index (χ3v) is 3.76. The highest BCUT2D eigenvalue weighted by molar-refractivity contribution is 5.67. The van der Waals surface area contributed by atoms with Gasteiger partial charge in [0.1, 0.15) is 6.61 Å². The van der Waals surface area contributed by atoms with E-state index in [1.165, 1.54) is 5.56 Å². The second-order valence-electron chi connectivity index (χ2n) is 5.33. The lowest BCUT2D eigenvalue weighted by Crippen LogP contribution is -2.26. The first-order valence-electron chi connectivity index (χ1n) is 7.17. The molecule has 1 saturated carbocycles. The van der Waals surface area contributed by atoms with Gasteiger partial charge in [0.15, 0.2) is 0 Å². The maximum Gasteiger partial charge on any atom is 0.407 e. The van der Waals surface area contributed by atoms with Crippen LogP contribution >= 0.6 is 0 Å². The van der Waals surface area contributed by atoms with Gasteiger partial charge in [-0.3, -0.25) is 4.98 Å². The number of alkyl carbamates (subject to hydrolysis) is 1. The molecule has 0 spiro atoms. The SMILES string of the molecule is O=C(NCC1CC1c1cccnc1)OCc1ccccc1. The van der Waals surface area contributed by atoms with Crippen LogP contribution in [0.2, 0.25) is 0 Å². The van der Waals surface area contributed by atoms with Crippen molar-refractivity contribution in [2.75, 3.05) is 6.54 Å². The lowest BCUT2D eigenvalue weighted by atomic mass is 10.1. The summed E-state index contributed by atoms with van der Waals surface area (Å²) in [5.41, 5.74) is 2.24. The number of benzene rings is 1. The molecule has 2 atom stereocenters. The lowest BCUT2D eigenvalue weighted by Gasteiger charge is -2.07. The summed E-state index contributed by atoms with van der Waals surface area (Å²) < 4.78 is 5.18. The molecule has 1 heterocycles. The zero-order valence-electron chi connectivity index (χ0n) is 11.7. The summed E-state index contributed by atoms with van der Waals surface area (Å²) in [5, 5.41) is 2.83. The quantitative estimate of drug-likeness (QED) is 0.916. The summed E-state index contributed by atoms with van der Waals surface area (Å²) >= 11 is 0. The average Bonchev–Trinajstić information content (AvgIpc) is 3.32. The maximum absolute atomic E-state index is 11.6. The van der Waals surface area contributed by atoms with Crippen LogP contribution in [0.1, 0.15) is 23.5 Å². The lowest BCUT2D eigenvalue weighted by molar-refractivity contribution is 0.139. The number of carbonyl (C=O) groups excluding carboxylic acids is 1. The van der Waals surface area contributed by atoms with Crippen LogP contribution in [0.3, 0.4) is 0 Å². The summed E-state index contributed by atoms with van der Waals surface area (Å²) in [4.78, 5) is 15.8. The Morgan fingerprint density at radius 1 is 1.24 bits per heavy atom. The number of ether oxygens (including phenoxy) is 1. The summed E-state index contributed by atoms with van der Waals surface area (Å²) in [6.07, 6.45) is 4.43.